The fourth-order valence-corrected chi connectivity index (χ4v) is 12.4. The molecule has 38 nitrogen and oxygen atoms in total. The van der Waals surface area contributed by atoms with E-state index >= 15 is 0 Å². The third-order valence-electron chi connectivity index (χ3n) is 11.5. The number of unbranched alkanes of at least 4 members (excludes halogenated alkanes) is 1. The van der Waals surface area contributed by atoms with E-state index < -0.39 is 117 Å². The summed E-state index contributed by atoms with van der Waals surface area (Å²) in [6.07, 6.45) is 10.6. The molecule has 2 rings (SSSR count). The molecule has 0 radical (unpaired) electrons. The van der Waals surface area contributed by atoms with Crippen LogP contribution in [-0.4, -0.2) is 246 Å². The van der Waals surface area contributed by atoms with Crippen LogP contribution in [0.4, 0.5) is 0 Å². The summed E-state index contributed by atoms with van der Waals surface area (Å²) in [5.74, 6) is -3.60. The van der Waals surface area contributed by atoms with Crippen LogP contribution in [-0.2, 0) is 104 Å². The number of hydrogen-bond donors (Lipinski definition) is 11. The summed E-state index contributed by atoms with van der Waals surface area (Å²) >= 11 is 0. The number of esters is 8. The Kier molecular flexibility index (Phi) is 60.8. The lowest BCUT2D eigenvalue weighted by molar-refractivity contribution is -0.147. The van der Waals surface area contributed by atoms with Crippen molar-refractivity contribution in [3.8, 4) is 0 Å². The molecule has 13 unspecified atom stereocenters. The minimum Gasteiger partial charge on any atom is -0.466 e. The van der Waals surface area contributed by atoms with Crippen molar-refractivity contribution >= 4 is 92.7 Å². The van der Waals surface area contributed by atoms with E-state index in [-0.39, 0.29) is 50.3 Å². The van der Waals surface area contributed by atoms with Gasteiger partial charge in [-0.25, -0.2) is 35.0 Å². The quantitative estimate of drug-likeness (QED) is 0.0190. The first-order valence-corrected chi connectivity index (χ1v) is 44.5. The molecule has 0 amide bonds. The van der Waals surface area contributed by atoms with E-state index in [1.54, 1.807) is 117 Å². The summed E-state index contributed by atoms with van der Waals surface area (Å²) in [7, 11) is -15.7. The van der Waals surface area contributed by atoms with Crippen molar-refractivity contribution in [2.75, 3.05) is 113 Å². The zero-order chi connectivity index (χ0) is 80.3. The van der Waals surface area contributed by atoms with Gasteiger partial charge in [-0.2, -0.15) is 0 Å². The van der Waals surface area contributed by atoms with E-state index in [1.807, 2.05) is 6.92 Å². The normalized spacial score (nSPS) is 16.0. The number of imidazole rings is 2. The van der Waals surface area contributed by atoms with Crippen LogP contribution in [0.15, 0.2) is 37.4 Å². The first-order chi connectivity index (χ1) is 46.2. The van der Waals surface area contributed by atoms with Gasteiger partial charge in [-0.15, -0.1) is 0 Å². The molecule has 0 saturated carbocycles. The van der Waals surface area contributed by atoms with Gasteiger partial charge in [0.25, 0.3) is 15.0 Å². The monoisotopic (exact) mass is 1570 g/mol. The largest absolute Gasteiger partial charge is 0.466 e. The number of nitrogens with two attached hydrogens (primary N) is 1. The van der Waals surface area contributed by atoms with Crippen molar-refractivity contribution in [3.05, 3.63) is 37.4 Å². The van der Waals surface area contributed by atoms with E-state index in [4.69, 9.17) is 53.7 Å². The van der Waals surface area contributed by atoms with Crippen LogP contribution in [0.5, 0.6) is 0 Å². The molecule has 0 spiro atoms. The van der Waals surface area contributed by atoms with Crippen LogP contribution in [0.1, 0.15) is 124 Å². The molecular weight excluding hydrogens is 1450 g/mol. The van der Waals surface area contributed by atoms with Gasteiger partial charge < -0.3 is 68.5 Å². The number of nitrogens with zero attached hydrogens (tertiary/aromatic N) is 5. The molecule has 0 aliphatic heterocycles. The molecule has 44 heteroatoms. The fourth-order valence-electron chi connectivity index (χ4n) is 6.14. The second-order valence-electron chi connectivity index (χ2n) is 21.6. The number of carbonyl (C=O) groups is 8. The maximum Gasteiger partial charge on any atom is 0.323 e. The summed E-state index contributed by atoms with van der Waals surface area (Å²) in [5.41, 5.74) is 5.15. The molecule has 0 saturated heterocycles. The highest BCUT2D eigenvalue weighted by Gasteiger charge is 2.34. The van der Waals surface area contributed by atoms with Crippen molar-refractivity contribution in [1.29, 1.82) is 0 Å². The number of hydrogen-bond acceptors (Lipinski definition) is 26. The summed E-state index contributed by atoms with van der Waals surface area (Å²) < 4.78 is 110. The van der Waals surface area contributed by atoms with Gasteiger partial charge in [-0.1, -0.05) is 20.3 Å². The highest BCUT2D eigenvalue weighted by atomic mass is 31.2. The molecule has 12 N–H and O–H groups in total. The summed E-state index contributed by atoms with van der Waals surface area (Å²) in [6, 6.07) is -4.11. The van der Waals surface area contributed by atoms with Crippen molar-refractivity contribution in [2.45, 2.75) is 166 Å². The summed E-state index contributed by atoms with van der Waals surface area (Å²) in [4.78, 5) is 130. The van der Waals surface area contributed by atoms with Crippen LogP contribution >= 0.6 is 45.0 Å². The third-order valence-corrected chi connectivity index (χ3v) is 19.5. The number of likely N-dealkylation sites (N-methyl/N-ethyl adjacent to an activating group) is 2. The van der Waals surface area contributed by atoms with E-state index in [2.05, 4.69) is 50.2 Å². The van der Waals surface area contributed by atoms with Gasteiger partial charge in [0.1, 0.15) is 54.9 Å². The second kappa shape index (κ2) is 57.4. The van der Waals surface area contributed by atoms with Crippen LogP contribution < -0.4 is 36.5 Å². The molecule has 0 aliphatic rings. The molecule has 101 heavy (non-hydrogen) atoms. The standard InChI is InChI=1S/C14H29N2O5P.C12H25N2O5P.C9H16N3O3P.C6H14NO4P.C6H13NO2.C5H11NO2.C4H7N2O2P.CH5O3P/c1-6-8-9-21-14(18)12(4)16-22(5,19)15-10-11(3)13(17)20-7-2;1-7-18-11(15)9(3)13-20(6,17)14(5)10(4)12(16)19-8-2;1-4-15-9(13)8(2)11-16(3,14)12-6-5-10-7-12;1-4-11-6(8)5(2)7-12(3,9)10;1-4-9-6(8)5(2)7-3;1-3-8-5(7)4(2)6;1-9(7,8)6-3-2-5-4-6;1-5(2,3)4/h11-12H,6-10H2,1-5H3,(H2,15,16,19);9-10H,7-8H2,1-6H3,(H,13,17);5-8H,4H2,1-3H3,(H,11,14);5H,4H2,1-3H3,(H2,7,9,10);5,7H,4H2,1-3H3;4H,3,6H2,1-2H3;2-4H,1H3,(H,7,8);1H3,(H2,2,3,4). The Morgan fingerprint density at radius 2 is 0.822 bits per heavy atom. The van der Waals surface area contributed by atoms with Crippen LogP contribution in [0.25, 0.3) is 0 Å². The molecule has 2 heterocycles. The first-order valence-electron chi connectivity index (χ1n) is 31.9. The maximum absolute atomic E-state index is 12.6. The van der Waals surface area contributed by atoms with E-state index in [0.717, 1.165) is 26.2 Å². The summed E-state index contributed by atoms with van der Waals surface area (Å²) in [6.45, 7) is 37.5. The topological polar surface area (TPSA) is 531 Å². The number of rotatable bonds is 34. The molecule has 0 bridgehead atoms. The predicted octanol–water partition coefficient (Wildman–Crippen LogP) is 4.99. The first kappa shape index (κ1) is 107. The lowest BCUT2D eigenvalue weighted by Crippen LogP contribution is -2.42. The van der Waals surface area contributed by atoms with Crippen molar-refractivity contribution in [2.24, 2.45) is 11.7 Å². The number of ether oxygens (including phenoxy) is 8. The van der Waals surface area contributed by atoms with Gasteiger partial charge in [0.15, 0.2) is 0 Å². The lowest BCUT2D eigenvalue weighted by Gasteiger charge is -2.31. The Morgan fingerprint density at radius 1 is 0.485 bits per heavy atom. The minimum atomic E-state index is -3.64. The second-order valence-corrected chi connectivity index (χ2v) is 35.0. The molecule has 0 fully saturated rings. The van der Waals surface area contributed by atoms with Crippen molar-refractivity contribution < 1.29 is 123 Å². The molecule has 594 valence electrons. The van der Waals surface area contributed by atoms with Crippen LogP contribution in [0, 0.1) is 5.92 Å². The zero-order valence-electron chi connectivity index (χ0n) is 63.1. The molecule has 2 aromatic rings. The average molecular weight is 1580 g/mol. The maximum atomic E-state index is 12.6. The van der Waals surface area contributed by atoms with Gasteiger partial charge in [0, 0.05) is 71.3 Å². The van der Waals surface area contributed by atoms with Crippen molar-refractivity contribution in [3.63, 3.8) is 0 Å². The van der Waals surface area contributed by atoms with Crippen LogP contribution in [0.2, 0.25) is 0 Å². The zero-order valence-corrected chi connectivity index (χ0v) is 68.5. The Labute approximate surface area is 596 Å². The Bertz CT molecular complexity index is 2930. The van der Waals surface area contributed by atoms with E-state index in [0.29, 0.717) is 33.0 Å². The van der Waals surface area contributed by atoms with Gasteiger partial charge >= 0.3 is 55.4 Å². The lowest BCUT2D eigenvalue weighted by atomic mass is 10.2. The smallest absolute Gasteiger partial charge is 0.323 e. The molecular formula is C57H120N12O26P6. The predicted molar refractivity (Wildman–Crippen MR) is 385 cm³/mol. The molecule has 13 atom stereocenters. The summed E-state index contributed by atoms with van der Waals surface area (Å²) in [5, 5.41) is 16.0. The Balaban J connectivity index is -0.000000265. The van der Waals surface area contributed by atoms with Gasteiger partial charge in [0.2, 0.25) is 22.3 Å². The highest BCUT2D eigenvalue weighted by Crippen LogP contribution is 2.42. The van der Waals surface area contributed by atoms with E-state index in [1.165, 1.54) is 78.2 Å². The van der Waals surface area contributed by atoms with Gasteiger partial charge in [0.05, 0.1) is 58.8 Å². The van der Waals surface area contributed by atoms with Gasteiger partial charge in [-0.3, -0.25) is 79.5 Å². The van der Waals surface area contributed by atoms with Gasteiger partial charge in [-0.05, 0) is 117 Å². The Morgan fingerprint density at radius 3 is 1.15 bits per heavy atom. The number of nitrogens with one attached hydrogen (secondary N) is 6. The molecule has 0 aliphatic carbocycles. The average Bonchev–Trinajstić information content (AvgIpc) is 1.60. The third kappa shape index (κ3) is 60.1. The highest BCUT2D eigenvalue weighted by molar-refractivity contribution is 7.60. The number of carbonyl (C=O) groups excluding carboxylic acids is 8. The molecule has 2 aromatic heterocycles. The van der Waals surface area contributed by atoms with E-state index in [9.17, 15) is 65.7 Å². The Hall–Kier alpha value is -4.92. The number of aromatic nitrogens is 4. The molecule has 0 aromatic carbocycles. The SMILES string of the molecule is CCCCOC(=O)C(C)NP(C)(=O)NCC(C)C(=O)OCC.CCOC(=O)C(C)N.CCOC(=O)C(C)NC.CCOC(=O)C(C)NP(C)(=O)N(C)C(C)C(=O)OCC.CCOC(=O)C(C)NP(C)(=O)O.CCOC(=O)C(C)NP(C)(=O)n1ccnc1.CP(=O)(O)O.CP(=O)(O)n1ccnc1. The van der Waals surface area contributed by atoms with Crippen molar-refractivity contribution in [1.82, 2.24) is 54.1 Å². The fraction of sp³-hybridized carbons (Fsp3) is 0.754. The minimum absolute atomic E-state index is 0.190. The van der Waals surface area contributed by atoms with Crippen LogP contribution in [0.3, 0.4) is 0 Å².